The summed E-state index contributed by atoms with van der Waals surface area (Å²) in [6.45, 7) is 2.86. The SMILES string of the molecule is Cc1ccc(/C=N/NC(=O)c2cn[nH]n2)cc1N1CCC(OC(F)(F)F)CC1. The van der Waals surface area contributed by atoms with Gasteiger partial charge in [-0.1, -0.05) is 12.1 Å². The summed E-state index contributed by atoms with van der Waals surface area (Å²) in [5.41, 5.74) is 5.12. The molecule has 11 heteroatoms. The summed E-state index contributed by atoms with van der Waals surface area (Å²) in [6.07, 6.45) is -2.06. The van der Waals surface area contributed by atoms with Crippen LogP contribution in [0.1, 0.15) is 34.5 Å². The van der Waals surface area contributed by atoms with E-state index in [1.165, 1.54) is 12.4 Å². The lowest BCUT2D eigenvalue weighted by Gasteiger charge is -2.34. The van der Waals surface area contributed by atoms with Crippen LogP contribution in [-0.4, -0.2) is 53.1 Å². The van der Waals surface area contributed by atoms with E-state index in [1.54, 1.807) is 0 Å². The highest BCUT2D eigenvalue weighted by Gasteiger charge is 2.35. The first-order valence-electron chi connectivity index (χ1n) is 8.61. The Labute approximate surface area is 158 Å². The number of aromatic amines is 1. The van der Waals surface area contributed by atoms with Crippen LogP contribution in [0.25, 0.3) is 0 Å². The highest BCUT2D eigenvalue weighted by Crippen LogP contribution is 2.28. The third-order valence-corrected chi connectivity index (χ3v) is 4.34. The van der Waals surface area contributed by atoms with Gasteiger partial charge in [-0.15, -0.1) is 13.2 Å². The number of amides is 1. The Balaban J connectivity index is 1.60. The van der Waals surface area contributed by atoms with Crippen molar-refractivity contribution in [2.45, 2.75) is 32.2 Å². The van der Waals surface area contributed by atoms with Gasteiger partial charge in [0.1, 0.15) is 0 Å². The molecule has 1 aromatic heterocycles. The van der Waals surface area contributed by atoms with Gasteiger partial charge < -0.3 is 4.90 Å². The smallest absolute Gasteiger partial charge is 0.371 e. The number of hydrazone groups is 1. The van der Waals surface area contributed by atoms with Crippen LogP contribution >= 0.6 is 0 Å². The molecule has 1 aromatic carbocycles. The molecule has 2 N–H and O–H groups in total. The summed E-state index contributed by atoms with van der Waals surface area (Å²) in [5.74, 6) is -0.496. The van der Waals surface area contributed by atoms with Crippen LogP contribution in [0.3, 0.4) is 0 Å². The first-order valence-corrected chi connectivity index (χ1v) is 8.61. The maximum Gasteiger partial charge on any atom is 0.522 e. The summed E-state index contributed by atoms with van der Waals surface area (Å²) in [4.78, 5) is 13.8. The minimum Gasteiger partial charge on any atom is -0.371 e. The minimum absolute atomic E-state index is 0.116. The molecule has 28 heavy (non-hydrogen) atoms. The molecule has 1 amide bonds. The number of carbonyl (C=O) groups is 1. The predicted octanol–water partition coefficient (Wildman–Crippen LogP) is 2.38. The van der Waals surface area contributed by atoms with Crippen LogP contribution in [0.4, 0.5) is 18.9 Å². The molecule has 0 aliphatic carbocycles. The van der Waals surface area contributed by atoms with Gasteiger partial charge in [-0.05, 0) is 37.0 Å². The van der Waals surface area contributed by atoms with E-state index in [0.717, 1.165) is 16.8 Å². The van der Waals surface area contributed by atoms with Crippen LogP contribution in [0.15, 0.2) is 29.5 Å². The molecule has 150 valence electrons. The second-order valence-electron chi connectivity index (χ2n) is 6.35. The van der Waals surface area contributed by atoms with Gasteiger partial charge in [-0.25, -0.2) is 5.43 Å². The predicted molar refractivity (Wildman–Crippen MR) is 95.0 cm³/mol. The van der Waals surface area contributed by atoms with Crippen molar-refractivity contribution < 1.29 is 22.7 Å². The number of H-pyrrole nitrogens is 1. The summed E-state index contributed by atoms with van der Waals surface area (Å²) in [5, 5.41) is 13.4. The number of ether oxygens (including phenoxy) is 1. The van der Waals surface area contributed by atoms with Crippen LogP contribution in [0.2, 0.25) is 0 Å². The maximum absolute atomic E-state index is 12.4. The lowest BCUT2D eigenvalue weighted by molar-refractivity contribution is -0.344. The Morgan fingerprint density at radius 1 is 1.39 bits per heavy atom. The number of aryl methyl sites for hydroxylation is 1. The van der Waals surface area contributed by atoms with Crippen molar-refractivity contribution >= 4 is 17.8 Å². The van der Waals surface area contributed by atoms with Gasteiger partial charge in [0.2, 0.25) is 0 Å². The first-order chi connectivity index (χ1) is 13.3. The van der Waals surface area contributed by atoms with Gasteiger partial charge in [0, 0.05) is 18.8 Å². The van der Waals surface area contributed by atoms with Gasteiger partial charge >= 0.3 is 6.36 Å². The van der Waals surface area contributed by atoms with E-state index < -0.39 is 18.4 Å². The summed E-state index contributed by atoms with van der Waals surface area (Å²) in [7, 11) is 0. The Morgan fingerprint density at radius 3 is 2.79 bits per heavy atom. The van der Waals surface area contributed by atoms with Crippen LogP contribution in [0, 0.1) is 6.92 Å². The number of piperidine rings is 1. The number of nitrogens with one attached hydrogen (secondary N) is 2. The first kappa shape index (κ1) is 19.8. The molecule has 2 aromatic rings. The Morgan fingerprint density at radius 2 is 2.14 bits per heavy atom. The average Bonchev–Trinajstić information content (AvgIpc) is 3.17. The number of anilines is 1. The second kappa shape index (κ2) is 8.38. The lowest BCUT2D eigenvalue weighted by atomic mass is 10.0. The number of benzene rings is 1. The molecule has 0 unspecified atom stereocenters. The van der Waals surface area contributed by atoms with E-state index in [9.17, 15) is 18.0 Å². The molecule has 0 atom stereocenters. The molecule has 1 aliphatic rings. The topological polar surface area (TPSA) is 95.5 Å². The van der Waals surface area contributed by atoms with Crippen molar-refractivity contribution in [3.8, 4) is 0 Å². The zero-order valence-electron chi connectivity index (χ0n) is 15.0. The average molecular weight is 396 g/mol. The highest BCUT2D eigenvalue weighted by atomic mass is 19.4. The standard InChI is InChI=1S/C17H19F3N6O2/c1-11-2-3-12(9-21-24-16(27)14-10-22-25-23-14)8-15(11)26-6-4-13(5-7-26)28-17(18,19)20/h2-3,8-10,13H,4-7H2,1H3,(H,24,27)(H,22,23,25)/b21-9+. The molecule has 0 bridgehead atoms. The quantitative estimate of drug-likeness (QED) is 0.598. The molecule has 1 fully saturated rings. The van der Waals surface area contributed by atoms with E-state index >= 15 is 0 Å². The number of alkyl halides is 3. The number of carbonyl (C=O) groups excluding carboxylic acids is 1. The number of aromatic nitrogens is 3. The fourth-order valence-electron chi connectivity index (χ4n) is 2.98. The number of nitrogens with zero attached hydrogens (tertiary/aromatic N) is 4. The number of hydrogen-bond acceptors (Lipinski definition) is 6. The summed E-state index contributed by atoms with van der Waals surface area (Å²) in [6, 6.07) is 5.62. The molecular weight excluding hydrogens is 377 g/mol. The monoisotopic (exact) mass is 396 g/mol. The lowest BCUT2D eigenvalue weighted by Crippen LogP contribution is -2.39. The van der Waals surface area contributed by atoms with Gasteiger partial charge in [-0.3, -0.25) is 9.53 Å². The van der Waals surface area contributed by atoms with Gasteiger partial charge in [0.05, 0.1) is 18.5 Å². The molecule has 8 nitrogen and oxygen atoms in total. The number of rotatable bonds is 5. The highest BCUT2D eigenvalue weighted by molar-refractivity contribution is 5.92. The fourth-order valence-corrected chi connectivity index (χ4v) is 2.98. The van der Waals surface area contributed by atoms with Gasteiger partial charge in [0.25, 0.3) is 5.91 Å². The van der Waals surface area contributed by atoms with Crippen molar-refractivity contribution in [3.63, 3.8) is 0 Å². The summed E-state index contributed by atoms with van der Waals surface area (Å²) >= 11 is 0. The minimum atomic E-state index is -4.60. The Kier molecular flexibility index (Phi) is 5.93. The number of hydrogen-bond donors (Lipinski definition) is 2. The zero-order valence-corrected chi connectivity index (χ0v) is 15.0. The van der Waals surface area contributed by atoms with E-state index in [4.69, 9.17) is 0 Å². The molecule has 0 spiro atoms. The van der Waals surface area contributed by atoms with Crippen LogP contribution in [-0.2, 0) is 4.74 Å². The molecular formula is C17H19F3N6O2. The second-order valence-corrected chi connectivity index (χ2v) is 6.35. The van der Waals surface area contributed by atoms with E-state index in [0.29, 0.717) is 25.9 Å². The largest absolute Gasteiger partial charge is 0.522 e. The maximum atomic E-state index is 12.4. The van der Waals surface area contributed by atoms with Crippen molar-refractivity contribution in [1.82, 2.24) is 20.8 Å². The third kappa shape index (κ3) is 5.28. The Hall–Kier alpha value is -2.95. The van der Waals surface area contributed by atoms with Crippen molar-refractivity contribution in [3.05, 3.63) is 41.2 Å². The molecule has 1 aliphatic heterocycles. The van der Waals surface area contributed by atoms with Crippen molar-refractivity contribution in [2.24, 2.45) is 5.10 Å². The van der Waals surface area contributed by atoms with Gasteiger partial charge in [-0.2, -0.15) is 20.5 Å². The van der Waals surface area contributed by atoms with Gasteiger partial charge in [0.15, 0.2) is 5.69 Å². The van der Waals surface area contributed by atoms with E-state index in [-0.39, 0.29) is 5.69 Å². The van der Waals surface area contributed by atoms with E-state index in [2.05, 4.69) is 30.7 Å². The van der Waals surface area contributed by atoms with Crippen LogP contribution < -0.4 is 10.3 Å². The molecule has 0 saturated carbocycles. The third-order valence-electron chi connectivity index (χ3n) is 4.34. The molecule has 2 heterocycles. The summed E-state index contributed by atoms with van der Waals surface area (Å²) < 4.78 is 41.2. The van der Waals surface area contributed by atoms with Crippen molar-refractivity contribution in [2.75, 3.05) is 18.0 Å². The molecule has 1 saturated heterocycles. The normalized spacial score (nSPS) is 15.9. The fraction of sp³-hybridized carbons (Fsp3) is 0.412. The zero-order chi connectivity index (χ0) is 20.1. The Bertz CT molecular complexity index is 830. The van der Waals surface area contributed by atoms with E-state index in [1.807, 2.05) is 30.0 Å². The molecule has 3 rings (SSSR count). The molecule has 0 radical (unpaired) electrons. The van der Waals surface area contributed by atoms with Crippen LogP contribution in [0.5, 0.6) is 0 Å². The number of halogens is 3. The van der Waals surface area contributed by atoms with Crippen molar-refractivity contribution in [1.29, 1.82) is 0 Å².